The van der Waals surface area contributed by atoms with Crippen LogP contribution >= 0.6 is 0 Å². The molecule has 0 radical (unpaired) electrons. The second-order valence-electron chi connectivity index (χ2n) is 5.72. The van der Waals surface area contributed by atoms with Crippen LogP contribution in [0.1, 0.15) is 33.3 Å². The van der Waals surface area contributed by atoms with E-state index in [2.05, 4.69) is 10.6 Å². The van der Waals surface area contributed by atoms with Gasteiger partial charge in [-0.2, -0.15) is 0 Å². The lowest BCUT2D eigenvalue weighted by Gasteiger charge is -2.22. The molecule has 0 saturated carbocycles. The smallest absolute Gasteiger partial charge is 0.328 e. The van der Waals surface area contributed by atoms with Crippen LogP contribution in [0.5, 0.6) is 0 Å². The Hall–Kier alpha value is -2.04. The monoisotopic (exact) mass is 278 g/mol. The van der Waals surface area contributed by atoms with E-state index in [-0.39, 0.29) is 0 Å². The topological polar surface area (TPSA) is 67.4 Å². The van der Waals surface area contributed by atoms with Crippen molar-refractivity contribution in [3.05, 3.63) is 29.8 Å². The van der Waals surface area contributed by atoms with Gasteiger partial charge in [0, 0.05) is 5.69 Å². The molecule has 20 heavy (non-hydrogen) atoms. The first kappa shape index (κ1) is 16.0. The molecular weight excluding hydrogens is 256 g/mol. The van der Waals surface area contributed by atoms with E-state index < -0.39 is 23.6 Å². The molecule has 2 N–H and O–H groups in total. The Kier molecular flexibility index (Phi) is 5.13. The molecule has 5 heteroatoms. The van der Waals surface area contributed by atoms with Crippen molar-refractivity contribution in [2.75, 3.05) is 5.32 Å². The summed E-state index contributed by atoms with van der Waals surface area (Å²) in [5.41, 5.74) is 1.15. The molecule has 2 amide bonds. The molecule has 110 valence electrons. The Morgan fingerprint density at radius 2 is 1.90 bits per heavy atom. The zero-order chi connectivity index (χ0) is 15.3. The minimum Gasteiger partial charge on any atom is -0.458 e. The fourth-order valence-corrected chi connectivity index (χ4v) is 1.54. The second-order valence-corrected chi connectivity index (χ2v) is 5.72. The van der Waals surface area contributed by atoms with Crippen molar-refractivity contribution in [3.8, 4) is 0 Å². The van der Waals surface area contributed by atoms with Crippen molar-refractivity contribution in [3.63, 3.8) is 0 Å². The van der Waals surface area contributed by atoms with E-state index in [9.17, 15) is 9.59 Å². The predicted molar refractivity (Wildman–Crippen MR) is 78.6 cm³/mol. The minimum atomic E-state index is -0.709. The molecule has 5 nitrogen and oxygen atoms in total. The minimum absolute atomic E-state index is 0.436. The van der Waals surface area contributed by atoms with Crippen LogP contribution in [0.25, 0.3) is 0 Å². The molecule has 1 atom stereocenters. The zero-order valence-corrected chi connectivity index (χ0v) is 12.6. The van der Waals surface area contributed by atoms with E-state index in [1.54, 1.807) is 33.8 Å². The largest absolute Gasteiger partial charge is 0.458 e. The Labute approximate surface area is 119 Å². The van der Waals surface area contributed by atoms with Gasteiger partial charge in [0.25, 0.3) is 0 Å². The molecule has 0 aliphatic rings. The van der Waals surface area contributed by atoms with Crippen LogP contribution in [-0.2, 0) is 9.53 Å². The molecule has 1 aromatic carbocycles. The van der Waals surface area contributed by atoms with Crippen LogP contribution in [0.4, 0.5) is 10.5 Å². The molecule has 0 heterocycles. The van der Waals surface area contributed by atoms with Crippen molar-refractivity contribution in [1.82, 2.24) is 5.32 Å². The van der Waals surface area contributed by atoms with E-state index in [4.69, 9.17) is 4.74 Å². The highest BCUT2D eigenvalue weighted by Gasteiger charge is 2.22. The number of amides is 2. The summed E-state index contributed by atoms with van der Waals surface area (Å²) in [5.74, 6) is -0.461. The number of aryl methyl sites for hydroxylation is 1. The van der Waals surface area contributed by atoms with E-state index in [0.717, 1.165) is 5.56 Å². The highest BCUT2D eigenvalue weighted by molar-refractivity contribution is 5.92. The van der Waals surface area contributed by atoms with Gasteiger partial charge in [0.05, 0.1) is 0 Å². The number of benzene rings is 1. The number of esters is 1. The molecule has 0 fully saturated rings. The molecule has 1 rings (SSSR count). The number of ether oxygens (including phenoxy) is 1. The lowest BCUT2D eigenvalue weighted by Crippen LogP contribution is -2.43. The first-order valence-electron chi connectivity index (χ1n) is 6.54. The molecule has 0 spiro atoms. The van der Waals surface area contributed by atoms with Gasteiger partial charge in [0.1, 0.15) is 11.6 Å². The van der Waals surface area contributed by atoms with Crippen molar-refractivity contribution < 1.29 is 14.3 Å². The Bertz CT molecular complexity index is 492. The summed E-state index contributed by atoms with van der Waals surface area (Å²) in [6.07, 6.45) is 0. The van der Waals surface area contributed by atoms with E-state index in [0.29, 0.717) is 5.69 Å². The summed E-state index contributed by atoms with van der Waals surface area (Å²) in [4.78, 5) is 23.5. The third kappa shape index (κ3) is 5.73. The number of carbonyl (C=O) groups is 2. The van der Waals surface area contributed by atoms with Crippen LogP contribution in [0, 0.1) is 6.92 Å². The molecule has 0 unspecified atom stereocenters. The van der Waals surface area contributed by atoms with Gasteiger partial charge in [0.15, 0.2) is 0 Å². The third-order valence-corrected chi connectivity index (χ3v) is 2.38. The van der Waals surface area contributed by atoms with Crippen LogP contribution < -0.4 is 10.6 Å². The Morgan fingerprint density at radius 1 is 1.25 bits per heavy atom. The van der Waals surface area contributed by atoms with Crippen LogP contribution in [-0.4, -0.2) is 23.6 Å². The molecule has 0 aliphatic carbocycles. The number of nitrogens with one attached hydrogen (secondary N) is 2. The highest BCUT2D eigenvalue weighted by atomic mass is 16.6. The molecule has 1 aromatic rings. The number of hydrogen-bond donors (Lipinski definition) is 2. The van der Waals surface area contributed by atoms with Gasteiger partial charge in [-0.3, -0.25) is 0 Å². The van der Waals surface area contributed by atoms with Crippen molar-refractivity contribution in [2.45, 2.75) is 46.3 Å². The van der Waals surface area contributed by atoms with Crippen LogP contribution in [0.3, 0.4) is 0 Å². The number of anilines is 1. The van der Waals surface area contributed by atoms with Gasteiger partial charge in [-0.1, -0.05) is 12.1 Å². The fourth-order valence-electron chi connectivity index (χ4n) is 1.54. The molecule has 0 aromatic heterocycles. The lowest BCUT2D eigenvalue weighted by atomic mass is 10.2. The van der Waals surface area contributed by atoms with Crippen LogP contribution in [0.15, 0.2) is 24.3 Å². The predicted octanol–water partition coefficient (Wildman–Crippen LogP) is 2.85. The average Bonchev–Trinajstić information content (AvgIpc) is 2.26. The Balaban J connectivity index is 2.52. The standard InChI is InChI=1S/C15H22N2O3/c1-10-7-6-8-12(9-10)17-14(19)16-11(2)13(18)20-15(3,4)5/h6-9,11H,1-5H3,(H2,16,17,19)/t11-/m1/s1. The van der Waals surface area contributed by atoms with E-state index >= 15 is 0 Å². The summed E-state index contributed by atoms with van der Waals surface area (Å²) in [6.45, 7) is 8.87. The fraction of sp³-hybridized carbons (Fsp3) is 0.467. The first-order valence-corrected chi connectivity index (χ1v) is 6.54. The quantitative estimate of drug-likeness (QED) is 0.835. The van der Waals surface area contributed by atoms with E-state index in [1.807, 2.05) is 25.1 Å². The second kappa shape index (κ2) is 6.41. The van der Waals surface area contributed by atoms with Crippen molar-refractivity contribution in [2.24, 2.45) is 0 Å². The SMILES string of the molecule is Cc1cccc(NC(=O)N[C@H](C)C(=O)OC(C)(C)C)c1. The summed E-state index contributed by atoms with van der Waals surface area (Å²) >= 11 is 0. The first-order chi connectivity index (χ1) is 9.17. The maximum atomic E-state index is 11.8. The molecule has 0 saturated heterocycles. The maximum Gasteiger partial charge on any atom is 0.328 e. The molecular formula is C15H22N2O3. The Morgan fingerprint density at radius 3 is 2.45 bits per heavy atom. The highest BCUT2D eigenvalue weighted by Crippen LogP contribution is 2.10. The number of urea groups is 1. The van der Waals surface area contributed by atoms with Gasteiger partial charge < -0.3 is 15.4 Å². The summed E-state index contributed by atoms with van der Waals surface area (Å²) < 4.78 is 5.19. The third-order valence-electron chi connectivity index (χ3n) is 2.38. The molecule has 0 aliphatic heterocycles. The normalized spacial score (nSPS) is 12.4. The zero-order valence-electron chi connectivity index (χ0n) is 12.6. The molecule has 0 bridgehead atoms. The summed E-state index contributed by atoms with van der Waals surface area (Å²) in [6, 6.07) is 6.27. The van der Waals surface area contributed by atoms with Crippen molar-refractivity contribution >= 4 is 17.7 Å². The maximum absolute atomic E-state index is 11.8. The van der Waals surface area contributed by atoms with E-state index in [1.165, 1.54) is 0 Å². The number of rotatable bonds is 3. The van der Waals surface area contributed by atoms with Crippen molar-refractivity contribution in [1.29, 1.82) is 0 Å². The van der Waals surface area contributed by atoms with Gasteiger partial charge in [0.2, 0.25) is 0 Å². The van der Waals surface area contributed by atoms with Gasteiger partial charge in [-0.15, -0.1) is 0 Å². The van der Waals surface area contributed by atoms with Crippen LogP contribution in [0.2, 0.25) is 0 Å². The summed E-state index contributed by atoms with van der Waals surface area (Å²) in [5, 5.41) is 5.22. The van der Waals surface area contributed by atoms with Gasteiger partial charge in [-0.25, -0.2) is 9.59 Å². The summed E-state index contributed by atoms with van der Waals surface area (Å²) in [7, 11) is 0. The number of hydrogen-bond acceptors (Lipinski definition) is 3. The average molecular weight is 278 g/mol. The number of carbonyl (C=O) groups excluding carboxylic acids is 2. The van der Waals surface area contributed by atoms with Gasteiger partial charge >= 0.3 is 12.0 Å². The lowest BCUT2D eigenvalue weighted by molar-refractivity contribution is -0.156. The van der Waals surface area contributed by atoms with Gasteiger partial charge in [-0.05, 0) is 52.3 Å².